The third kappa shape index (κ3) is 2.19. The highest BCUT2D eigenvalue weighted by molar-refractivity contribution is 5.87. The SMILES string of the molecule is O=C(O)c1ccc(Cn2ccnc2)nc1. The summed E-state index contributed by atoms with van der Waals surface area (Å²) < 4.78 is 1.86. The first-order valence-corrected chi connectivity index (χ1v) is 4.39. The Labute approximate surface area is 86.0 Å². The van der Waals surface area contributed by atoms with Crippen LogP contribution in [0.4, 0.5) is 0 Å². The molecule has 0 aliphatic carbocycles. The molecule has 0 radical (unpaired) electrons. The van der Waals surface area contributed by atoms with Crippen molar-refractivity contribution in [1.29, 1.82) is 0 Å². The van der Waals surface area contributed by atoms with Crippen LogP contribution >= 0.6 is 0 Å². The number of carbonyl (C=O) groups is 1. The van der Waals surface area contributed by atoms with E-state index in [0.29, 0.717) is 6.54 Å². The predicted octanol–water partition coefficient (Wildman–Crippen LogP) is 1.02. The topological polar surface area (TPSA) is 68.0 Å². The van der Waals surface area contributed by atoms with Gasteiger partial charge in [-0.15, -0.1) is 0 Å². The zero-order valence-electron chi connectivity index (χ0n) is 7.87. The third-order valence-electron chi connectivity index (χ3n) is 1.98. The van der Waals surface area contributed by atoms with Gasteiger partial charge in [0.1, 0.15) is 0 Å². The molecule has 2 aromatic rings. The van der Waals surface area contributed by atoms with Crippen LogP contribution < -0.4 is 0 Å². The first-order chi connectivity index (χ1) is 7.25. The van der Waals surface area contributed by atoms with Crippen molar-refractivity contribution in [2.24, 2.45) is 0 Å². The first-order valence-electron chi connectivity index (χ1n) is 4.39. The van der Waals surface area contributed by atoms with Gasteiger partial charge in [-0.1, -0.05) is 0 Å². The fourth-order valence-electron chi connectivity index (χ4n) is 1.21. The average Bonchev–Trinajstić information content (AvgIpc) is 2.71. The van der Waals surface area contributed by atoms with Gasteiger partial charge in [-0.05, 0) is 12.1 Å². The average molecular weight is 203 g/mol. The number of nitrogens with zero attached hydrogens (tertiary/aromatic N) is 3. The smallest absolute Gasteiger partial charge is 0.337 e. The molecule has 5 heteroatoms. The summed E-state index contributed by atoms with van der Waals surface area (Å²) in [4.78, 5) is 18.5. The number of aromatic nitrogens is 3. The Hall–Kier alpha value is -2.17. The third-order valence-corrected chi connectivity index (χ3v) is 1.98. The Morgan fingerprint density at radius 2 is 2.33 bits per heavy atom. The van der Waals surface area contributed by atoms with Gasteiger partial charge in [0.2, 0.25) is 0 Å². The molecule has 2 aromatic heterocycles. The quantitative estimate of drug-likeness (QED) is 0.808. The molecule has 0 saturated carbocycles. The van der Waals surface area contributed by atoms with Gasteiger partial charge in [0.05, 0.1) is 24.1 Å². The van der Waals surface area contributed by atoms with Crippen LogP contribution in [0.2, 0.25) is 0 Å². The van der Waals surface area contributed by atoms with E-state index in [1.54, 1.807) is 24.7 Å². The van der Waals surface area contributed by atoms with Crippen molar-refractivity contribution in [3.63, 3.8) is 0 Å². The fourth-order valence-corrected chi connectivity index (χ4v) is 1.21. The van der Waals surface area contributed by atoms with Crippen molar-refractivity contribution in [2.45, 2.75) is 6.54 Å². The van der Waals surface area contributed by atoms with Crippen LogP contribution in [0.5, 0.6) is 0 Å². The van der Waals surface area contributed by atoms with Crippen LogP contribution in [0, 0.1) is 0 Å². The summed E-state index contributed by atoms with van der Waals surface area (Å²) in [6, 6.07) is 3.24. The van der Waals surface area contributed by atoms with Crippen LogP contribution in [-0.4, -0.2) is 25.6 Å². The van der Waals surface area contributed by atoms with E-state index in [4.69, 9.17) is 5.11 Å². The number of carboxylic acid groups (broad SMARTS) is 1. The molecule has 0 amide bonds. The van der Waals surface area contributed by atoms with Gasteiger partial charge in [0.25, 0.3) is 0 Å². The number of hydrogen-bond acceptors (Lipinski definition) is 3. The maximum absolute atomic E-state index is 10.6. The van der Waals surface area contributed by atoms with E-state index in [9.17, 15) is 4.79 Å². The second-order valence-corrected chi connectivity index (χ2v) is 3.08. The minimum absolute atomic E-state index is 0.199. The maximum Gasteiger partial charge on any atom is 0.337 e. The molecule has 2 rings (SSSR count). The van der Waals surface area contributed by atoms with Crippen LogP contribution in [-0.2, 0) is 6.54 Å². The Bertz CT molecular complexity index is 448. The van der Waals surface area contributed by atoms with Gasteiger partial charge in [-0.25, -0.2) is 9.78 Å². The van der Waals surface area contributed by atoms with E-state index < -0.39 is 5.97 Å². The van der Waals surface area contributed by atoms with Gasteiger partial charge >= 0.3 is 5.97 Å². The lowest BCUT2D eigenvalue weighted by Crippen LogP contribution is -2.02. The minimum atomic E-state index is -0.961. The van der Waals surface area contributed by atoms with Crippen molar-refractivity contribution >= 4 is 5.97 Å². The lowest BCUT2D eigenvalue weighted by molar-refractivity contribution is 0.0696. The second kappa shape index (κ2) is 3.91. The molecule has 0 aliphatic heterocycles. The predicted molar refractivity (Wildman–Crippen MR) is 52.5 cm³/mol. The number of aromatic carboxylic acids is 1. The Morgan fingerprint density at radius 1 is 1.47 bits per heavy atom. The molecule has 0 aliphatic rings. The molecule has 0 saturated heterocycles. The van der Waals surface area contributed by atoms with Gasteiger partial charge < -0.3 is 9.67 Å². The molecule has 0 fully saturated rings. The number of imidazole rings is 1. The van der Waals surface area contributed by atoms with Gasteiger partial charge in [-0.3, -0.25) is 4.98 Å². The summed E-state index contributed by atoms with van der Waals surface area (Å²) in [6.07, 6.45) is 6.56. The van der Waals surface area contributed by atoms with E-state index >= 15 is 0 Å². The van der Waals surface area contributed by atoms with Crippen molar-refractivity contribution in [2.75, 3.05) is 0 Å². The van der Waals surface area contributed by atoms with Gasteiger partial charge in [0.15, 0.2) is 0 Å². The standard InChI is InChI=1S/C10H9N3O2/c14-10(15)8-1-2-9(12-5-8)6-13-4-3-11-7-13/h1-5,7H,6H2,(H,14,15). The molecule has 0 bridgehead atoms. The molecule has 15 heavy (non-hydrogen) atoms. The lowest BCUT2D eigenvalue weighted by atomic mass is 10.2. The summed E-state index contributed by atoms with van der Waals surface area (Å²) in [7, 11) is 0. The Kier molecular flexibility index (Phi) is 2.45. The normalized spacial score (nSPS) is 10.1. The Balaban J connectivity index is 2.14. The van der Waals surface area contributed by atoms with Crippen LogP contribution in [0.1, 0.15) is 16.1 Å². The minimum Gasteiger partial charge on any atom is -0.478 e. The highest BCUT2D eigenvalue weighted by atomic mass is 16.4. The van der Waals surface area contributed by atoms with E-state index in [0.717, 1.165) is 5.69 Å². The van der Waals surface area contributed by atoms with E-state index in [1.165, 1.54) is 6.20 Å². The van der Waals surface area contributed by atoms with Crippen LogP contribution in [0.3, 0.4) is 0 Å². The molecule has 0 atom stereocenters. The van der Waals surface area contributed by atoms with Crippen molar-refractivity contribution < 1.29 is 9.90 Å². The summed E-state index contributed by atoms with van der Waals surface area (Å²) in [5.41, 5.74) is 1.00. The zero-order valence-corrected chi connectivity index (χ0v) is 7.87. The molecule has 0 unspecified atom stereocenters. The first kappa shape index (κ1) is 9.39. The molecular formula is C10H9N3O2. The summed E-state index contributed by atoms with van der Waals surface area (Å²) >= 11 is 0. The van der Waals surface area contributed by atoms with Gasteiger partial charge in [-0.2, -0.15) is 0 Å². The van der Waals surface area contributed by atoms with Crippen molar-refractivity contribution in [1.82, 2.24) is 14.5 Å². The fraction of sp³-hybridized carbons (Fsp3) is 0.100. The molecule has 76 valence electrons. The molecule has 0 aromatic carbocycles. The number of rotatable bonds is 3. The van der Waals surface area contributed by atoms with E-state index in [2.05, 4.69) is 9.97 Å². The summed E-state index contributed by atoms with van der Waals surface area (Å²) in [5.74, 6) is -0.961. The van der Waals surface area contributed by atoms with Crippen LogP contribution in [0.15, 0.2) is 37.1 Å². The highest BCUT2D eigenvalue weighted by Crippen LogP contribution is 2.02. The monoisotopic (exact) mass is 203 g/mol. The lowest BCUT2D eigenvalue weighted by Gasteiger charge is -2.01. The van der Waals surface area contributed by atoms with Crippen molar-refractivity contribution in [3.05, 3.63) is 48.3 Å². The largest absolute Gasteiger partial charge is 0.478 e. The Morgan fingerprint density at radius 3 is 2.87 bits per heavy atom. The van der Waals surface area contributed by atoms with E-state index in [-0.39, 0.29) is 5.56 Å². The number of hydrogen-bond donors (Lipinski definition) is 1. The molecule has 5 nitrogen and oxygen atoms in total. The van der Waals surface area contributed by atoms with Gasteiger partial charge in [0, 0.05) is 18.6 Å². The molecular weight excluding hydrogens is 194 g/mol. The molecule has 0 spiro atoms. The number of carboxylic acids is 1. The van der Waals surface area contributed by atoms with Crippen LogP contribution in [0.25, 0.3) is 0 Å². The number of pyridine rings is 1. The molecule has 2 heterocycles. The maximum atomic E-state index is 10.6. The molecule has 1 N–H and O–H groups in total. The summed E-state index contributed by atoms with van der Waals surface area (Å²) in [5, 5.41) is 8.68. The highest BCUT2D eigenvalue weighted by Gasteiger charge is 2.02. The van der Waals surface area contributed by atoms with Crippen molar-refractivity contribution in [3.8, 4) is 0 Å². The van der Waals surface area contributed by atoms with E-state index in [1.807, 2.05) is 10.8 Å². The zero-order chi connectivity index (χ0) is 10.7. The second-order valence-electron chi connectivity index (χ2n) is 3.08. The summed E-state index contributed by atoms with van der Waals surface area (Å²) in [6.45, 7) is 0.597.